The summed E-state index contributed by atoms with van der Waals surface area (Å²) >= 11 is 5.03. The van der Waals surface area contributed by atoms with Gasteiger partial charge in [0.25, 0.3) is 5.91 Å². The molecule has 13 nitrogen and oxygen atoms in total. The van der Waals surface area contributed by atoms with Crippen LogP contribution in [0, 0.1) is 0 Å². The van der Waals surface area contributed by atoms with Gasteiger partial charge >= 0.3 is 12.0 Å². The fraction of sp³-hybridized carbons (Fsp3) is 0.615. The molecule has 0 aliphatic rings. The van der Waals surface area contributed by atoms with Crippen molar-refractivity contribution in [3.63, 3.8) is 0 Å². The molecule has 10 N–H and O–H groups in total. The standard InChI is InChI=1S/C13H24N6O7S/c1-5(21)9(15)11(23)19(2)18-10(27)6(3-8(14)22)16-13(26)17-7(4-20)12(24)25/h5-7,9,20-21H,3-4,15H2,1-2H3,(H2,14,22)(H,18,27)(H,24,25)(H2,16,17,26)/t5?,6-,7-,9+/m1/s1. The first-order valence-corrected chi connectivity index (χ1v) is 8.02. The van der Waals surface area contributed by atoms with Crippen LogP contribution in [-0.2, 0) is 14.4 Å². The number of aliphatic hydroxyl groups is 2. The van der Waals surface area contributed by atoms with Crippen molar-refractivity contribution in [1.82, 2.24) is 21.1 Å². The van der Waals surface area contributed by atoms with Crippen LogP contribution in [-0.4, -0.2) is 87.0 Å². The maximum Gasteiger partial charge on any atom is 0.328 e. The number of hydrogen-bond donors (Lipinski definition) is 8. The van der Waals surface area contributed by atoms with Crippen molar-refractivity contribution >= 4 is 41.0 Å². The molecular formula is C13H24N6O7S. The number of carbonyl (C=O) groups excluding carboxylic acids is 3. The molecule has 0 bridgehead atoms. The van der Waals surface area contributed by atoms with Crippen LogP contribution < -0.4 is 27.5 Å². The third kappa shape index (κ3) is 8.59. The number of nitrogens with two attached hydrogens (primary N) is 2. The maximum atomic E-state index is 12.0. The summed E-state index contributed by atoms with van der Waals surface area (Å²) < 4.78 is 0. The predicted molar refractivity (Wildman–Crippen MR) is 95.9 cm³/mol. The van der Waals surface area contributed by atoms with Gasteiger partial charge in [-0.25, -0.2) is 9.59 Å². The van der Waals surface area contributed by atoms with Crippen LogP contribution in [0.15, 0.2) is 0 Å². The fourth-order valence-electron chi connectivity index (χ4n) is 1.68. The summed E-state index contributed by atoms with van der Waals surface area (Å²) in [6.07, 6.45) is -1.59. The molecule has 0 aliphatic carbocycles. The van der Waals surface area contributed by atoms with Gasteiger partial charge in [-0.2, -0.15) is 0 Å². The Morgan fingerprint density at radius 3 is 2.11 bits per heavy atom. The van der Waals surface area contributed by atoms with E-state index in [-0.39, 0.29) is 4.99 Å². The average molecular weight is 408 g/mol. The lowest BCUT2D eigenvalue weighted by molar-refractivity contribution is -0.140. The number of carbonyl (C=O) groups is 4. The topological polar surface area (TPSA) is 220 Å². The second-order valence-corrected chi connectivity index (χ2v) is 5.99. The Hall–Kier alpha value is -2.55. The summed E-state index contributed by atoms with van der Waals surface area (Å²) in [5.41, 5.74) is 13.0. The average Bonchev–Trinajstić information content (AvgIpc) is 2.56. The molecule has 0 spiro atoms. The Morgan fingerprint density at radius 2 is 1.70 bits per heavy atom. The van der Waals surface area contributed by atoms with E-state index < -0.39 is 61.1 Å². The van der Waals surface area contributed by atoms with Crippen LogP contribution in [0.4, 0.5) is 4.79 Å². The van der Waals surface area contributed by atoms with Crippen LogP contribution >= 0.6 is 12.2 Å². The smallest absolute Gasteiger partial charge is 0.328 e. The van der Waals surface area contributed by atoms with Gasteiger partial charge in [0, 0.05) is 7.05 Å². The zero-order valence-electron chi connectivity index (χ0n) is 14.7. The van der Waals surface area contributed by atoms with E-state index in [1.165, 1.54) is 14.0 Å². The van der Waals surface area contributed by atoms with Gasteiger partial charge in [-0.3, -0.25) is 20.0 Å². The first kappa shape index (κ1) is 24.5. The van der Waals surface area contributed by atoms with E-state index in [4.69, 9.17) is 33.9 Å². The molecule has 0 rings (SSSR count). The molecule has 0 saturated heterocycles. The first-order valence-electron chi connectivity index (χ1n) is 7.61. The Labute approximate surface area is 160 Å². The third-order valence-corrected chi connectivity index (χ3v) is 3.60. The number of aliphatic hydroxyl groups excluding tert-OH is 2. The van der Waals surface area contributed by atoms with Crippen molar-refractivity contribution in [2.75, 3.05) is 13.7 Å². The number of nitrogens with zero attached hydrogens (tertiary/aromatic N) is 1. The van der Waals surface area contributed by atoms with Gasteiger partial charge in [0.1, 0.15) is 11.0 Å². The van der Waals surface area contributed by atoms with E-state index in [1.807, 2.05) is 5.32 Å². The van der Waals surface area contributed by atoms with Gasteiger partial charge in [0.2, 0.25) is 5.91 Å². The second-order valence-electron chi connectivity index (χ2n) is 5.55. The van der Waals surface area contributed by atoms with Crippen molar-refractivity contribution < 1.29 is 34.5 Å². The fourth-order valence-corrected chi connectivity index (χ4v) is 1.96. The minimum atomic E-state index is -1.57. The summed E-state index contributed by atoms with van der Waals surface area (Å²) in [5.74, 6) is -3.03. The van der Waals surface area contributed by atoms with Crippen molar-refractivity contribution in [3.05, 3.63) is 0 Å². The van der Waals surface area contributed by atoms with E-state index in [9.17, 15) is 24.3 Å². The van der Waals surface area contributed by atoms with Gasteiger partial charge < -0.3 is 37.4 Å². The summed E-state index contributed by atoms with van der Waals surface area (Å²) in [4.78, 5) is 45.6. The number of urea groups is 1. The van der Waals surface area contributed by atoms with E-state index in [0.717, 1.165) is 5.01 Å². The molecule has 1 unspecified atom stereocenters. The number of rotatable bonds is 9. The van der Waals surface area contributed by atoms with Crippen molar-refractivity contribution in [1.29, 1.82) is 0 Å². The molecule has 0 saturated carbocycles. The lowest BCUT2D eigenvalue weighted by atomic mass is 10.2. The maximum absolute atomic E-state index is 12.0. The van der Waals surface area contributed by atoms with Gasteiger partial charge in [0.05, 0.1) is 25.2 Å². The second kappa shape index (κ2) is 11.2. The van der Waals surface area contributed by atoms with Gasteiger partial charge in [-0.15, -0.1) is 0 Å². The number of likely N-dealkylation sites (N-methyl/N-ethyl adjacent to an activating group) is 1. The highest BCUT2D eigenvalue weighted by molar-refractivity contribution is 7.80. The minimum absolute atomic E-state index is 0.200. The van der Waals surface area contributed by atoms with Crippen molar-refractivity contribution in [2.24, 2.45) is 11.5 Å². The van der Waals surface area contributed by atoms with Crippen LogP contribution in [0.25, 0.3) is 0 Å². The van der Waals surface area contributed by atoms with E-state index >= 15 is 0 Å². The van der Waals surface area contributed by atoms with Crippen LogP contribution in [0.3, 0.4) is 0 Å². The SMILES string of the molecule is CC(O)[C@H](N)C(=O)N(C)NC(=S)[C@@H](CC(N)=O)NC(=O)N[C@H](CO)C(=O)O. The number of aliphatic carboxylic acids is 1. The Balaban J connectivity index is 5.05. The molecule has 0 aliphatic heterocycles. The molecule has 0 radical (unpaired) electrons. The molecule has 14 heteroatoms. The highest BCUT2D eigenvalue weighted by Crippen LogP contribution is 1.99. The normalized spacial score (nSPS) is 14.9. The lowest BCUT2D eigenvalue weighted by Gasteiger charge is -2.27. The predicted octanol–water partition coefficient (Wildman–Crippen LogP) is -4.03. The quantitative estimate of drug-likeness (QED) is 0.136. The molecule has 27 heavy (non-hydrogen) atoms. The van der Waals surface area contributed by atoms with E-state index in [1.54, 1.807) is 0 Å². The Bertz CT molecular complexity index is 588. The number of primary amides is 1. The summed E-state index contributed by atoms with van der Waals surface area (Å²) in [7, 11) is 1.25. The van der Waals surface area contributed by atoms with Crippen molar-refractivity contribution in [2.45, 2.75) is 37.6 Å². The number of nitrogens with one attached hydrogen (secondary N) is 3. The molecular weight excluding hydrogens is 384 g/mol. The van der Waals surface area contributed by atoms with Crippen LogP contribution in [0.2, 0.25) is 0 Å². The lowest BCUT2D eigenvalue weighted by Crippen LogP contribution is -2.59. The number of carboxylic acids is 1. The highest BCUT2D eigenvalue weighted by Gasteiger charge is 2.27. The number of amides is 4. The third-order valence-electron chi connectivity index (χ3n) is 3.23. The van der Waals surface area contributed by atoms with Crippen molar-refractivity contribution in [3.8, 4) is 0 Å². The molecule has 0 aromatic heterocycles. The zero-order valence-corrected chi connectivity index (χ0v) is 15.5. The largest absolute Gasteiger partial charge is 0.480 e. The van der Waals surface area contributed by atoms with Gasteiger partial charge in [-0.05, 0) is 6.92 Å². The summed E-state index contributed by atoms with van der Waals surface area (Å²) in [5, 5.41) is 32.1. The Kier molecular flexibility index (Phi) is 10.2. The van der Waals surface area contributed by atoms with Gasteiger partial charge in [0.15, 0.2) is 6.04 Å². The van der Waals surface area contributed by atoms with Crippen LogP contribution in [0.1, 0.15) is 13.3 Å². The molecule has 0 fully saturated rings. The molecule has 4 amide bonds. The summed E-state index contributed by atoms with van der Waals surface area (Å²) in [6.45, 7) is 0.455. The molecule has 0 aromatic rings. The highest BCUT2D eigenvalue weighted by atomic mass is 32.1. The monoisotopic (exact) mass is 408 g/mol. The van der Waals surface area contributed by atoms with E-state index in [0.29, 0.717) is 0 Å². The van der Waals surface area contributed by atoms with Gasteiger partial charge in [-0.1, -0.05) is 12.2 Å². The molecule has 4 atom stereocenters. The minimum Gasteiger partial charge on any atom is -0.480 e. The number of carboxylic acid groups (broad SMARTS) is 1. The zero-order chi connectivity index (χ0) is 21.3. The molecule has 0 aromatic carbocycles. The van der Waals surface area contributed by atoms with Crippen LogP contribution in [0.5, 0.6) is 0 Å². The number of hydrogen-bond acceptors (Lipinski definition) is 8. The Morgan fingerprint density at radius 1 is 1.19 bits per heavy atom. The molecule has 0 heterocycles. The first-order chi connectivity index (χ1) is 12.4. The number of hydrazine groups is 1. The number of thiocarbonyl (C=S) groups is 1. The van der Waals surface area contributed by atoms with E-state index in [2.05, 4.69) is 10.7 Å². The molecule has 154 valence electrons. The summed E-state index contributed by atoms with van der Waals surface area (Å²) in [6, 6.07) is -5.05.